The number of hydrogen-bond acceptors (Lipinski definition) is 6. The minimum Gasteiger partial charge on any atom is -0.411 e. The fourth-order valence-corrected chi connectivity index (χ4v) is 0.798. The van der Waals surface area contributed by atoms with Crippen LogP contribution < -0.4 is 21.8 Å². The molecule has 1 aromatic rings. The molecule has 0 saturated carbocycles. The molecule has 0 aromatic carbocycles. The second-order valence-corrected chi connectivity index (χ2v) is 2.06. The summed E-state index contributed by atoms with van der Waals surface area (Å²) in [5.74, 6) is -0.425. The van der Waals surface area contributed by atoms with Gasteiger partial charge in [-0.1, -0.05) is 0 Å². The number of nitrogen functional groups attached to an aromatic ring is 1. The van der Waals surface area contributed by atoms with Crippen LogP contribution in [0.1, 0.15) is 0 Å². The van der Waals surface area contributed by atoms with E-state index in [0.29, 0.717) is 4.73 Å². The predicted molar refractivity (Wildman–Crippen MR) is 43.7 cm³/mol. The van der Waals surface area contributed by atoms with Gasteiger partial charge in [0.05, 0.1) is 0 Å². The lowest BCUT2D eigenvalue weighted by molar-refractivity contribution is 0.158. The van der Waals surface area contributed by atoms with E-state index in [-0.39, 0.29) is 0 Å². The van der Waals surface area contributed by atoms with Gasteiger partial charge in [0.25, 0.3) is 5.56 Å². The first-order valence-electron chi connectivity index (χ1n) is 3.14. The van der Waals surface area contributed by atoms with E-state index in [1.807, 2.05) is 0 Å². The minimum atomic E-state index is -0.939. The summed E-state index contributed by atoms with van der Waals surface area (Å²) in [4.78, 5) is 38.2. The third-order valence-corrected chi connectivity index (χ3v) is 1.36. The summed E-state index contributed by atoms with van der Waals surface area (Å²) in [5, 5.41) is 2.36. The Labute approximate surface area is 70.9 Å². The average Bonchev–Trinajstić information content (AvgIpc) is 2.04. The van der Waals surface area contributed by atoms with Crippen molar-refractivity contribution in [3.63, 3.8) is 0 Å². The van der Waals surface area contributed by atoms with E-state index < -0.39 is 22.8 Å². The van der Waals surface area contributed by atoms with Crippen LogP contribution in [0.3, 0.4) is 0 Å². The molecule has 70 valence electrons. The molecule has 1 aromatic heterocycles. The normalized spacial score (nSPS) is 9.62. The van der Waals surface area contributed by atoms with Gasteiger partial charge in [0.15, 0.2) is 5.82 Å². The number of anilines is 1. The number of aromatic nitrogens is 2. The van der Waals surface area contributed by atoms with Crippen molar-refractivity contribution in [2.24, 2.45) is 5.18 Å². The Balaban J connectivity index is 3.68. The largest absolute Gasteiger partial charge is 0.411 e. The van der Waals surface area contributed by atoms with Crippen molar-refractivity contribution < 1.29 is 4.84 Å². The average molecular weight is 186 g/mol. The van der Waals surface area contributed by atoms with Gasteiger partial charge < -0.3 is 10.6 Å². The molecule has 0 fully saturated rings. The summed E-state index contributed by atoms with van der Waals surface area (Å²) in [6.45, 7) is 0. The van der Waals surface area contributed by atoms with Crippen LogP contribution in [0.2, 0.25) is 0 Å². The molecule has 3 N–H and O–H groups in total. The summed E-state index contributed by atoms with van der Waals surface area (Å²) in [5.41, 5.74) is 2.85. The molecule has 0 bridgehead atoms. The second-order valence-electron chi connectivity index (χ2n) is 2.06. The standard InChI is InChI=1S/C5H6N4O4/c1-13-9-3(6)2(8-12)4(10)7-5(9)11/h6H2,1H3,(H,7,10,11). The van der Waals surface area contributed by atoms with Gasteiger partial charge in [0.1, 0.15) is 7.11 Å². The van der Waals surface area contributed by atoms with Gasteiger partial charge in [-0.2, -0.15) is 0 Å². The lowest BCUT2D eigenvalue weighted by Crippen LogP contribution is -2.34. The van der Waals surface area contributed by atoms with Gasteiger partial charge in [-0.25, -0.2) is 4.79 Å². The Morgan fingerprint density at radius 3 is 2.62 bits per heavy atom. The lowest BCUT2D eigenvalue weighted by Gasteiger charge is -2.05. The fraction of sp³-hybridized carbons (Fsp3) is 0.200. The third kappa shape index (κ3) is 1.28. The highest BCUT2D eigenvalue weighted by molar-refractivity contribution is 5.55. The van der Waals surface area contributed by atoms with Crippen molar-refractivity contribution in [1.29, 1.82) is 0 Å². The highest BCUT2D eigenvalue weighted by Crippen LogP contribution is 2.10. The third-order valence-electron chi connectivity index (χ3n) is 1.36. The van der Waals surface area contributed by atoms with Crippen molar-refractivity contribution in [3.05, 3.63) is 25.7 Å². The molecule has 0 aliphatic rings. The minimum absolute atomic E-state index is 0.425. The summed E-state index contributed by atoms with van der Waals surface area (Å²) >= 11 is 0. The zero-order valence-corrected chi connectivity index (χ0v) is 6.60. The number of nitrogens with two attached hydrogens (primary N) is 1. The van der Waals surface area contributed by atoms with Crippen LogP contribution in [-0.2, 0) is 0 Å². The number of H-pyrrole nitrogens is 1. The number of rotatable bonds is 2. The Hall–Kier alpha value is -2.12. The van der Waals surface area contributed by atoms with E-state index in [1.54, 1.807) is 4.98 Å². The van der Waals surface area contributed by atoms with Crippen LogP contribution in [0.5, 0.6) is 0 Å². The van der Waals surface area contributed by atoms with E-state index >= 15 is 0 Å². The molecule has 0 spiro atoms. The molecule has 8 nitrogen and oxygen atoms in total. The van der Waals surface area contributed by atoms with Gasteiger partial charge in [-0.15, -0.1) is 9.64 Å². The fourth-order valence-electron chi connectivity index (χ4n) is 0.798. The van der Waals surface area contributed by atoms with Crippen LogP contribution in [0.25, 0.3) is 0 Å². The number of nitrogens with zero attached hydrogens (tertiary/aromatic N) is 2. The summed E-state index contributed by atoms with van der Waals surface area (Å²) in [6, 6.07) is 0. The molecule has 0 saturated heterocycles. The first-order chi connectivity index (χ1) is 6.11. The van der Waals surface area contributed by atoms with Crippen LogP contribution in [0.15, 0.2) is 14.8 Å². The van der Waals surface area contributed by atoms with Gasteiger partial charge in [0, 0.05) is 0 Å². The van der Waals surface area contributed by atoms with Crippen LogP contribution in [0.4, 0.5) is 11.5 Å². The van der Waals surface area contributed by atoms with Gasteiger partial charge in [-0.05, 0) is 5.18 Å². The van der Waals surface area contributed by atoms with Gasteiger partial charge >= 0.3 is 5.69 Å². The van der Waals surface area contributed by atoms with Crippen molar-refractivity contribution in [3.8, 4) is 0 Å². The Kier molecular flexibility index (Phi) is 2.13. The van der Waals surface area contributed by atoms with Gasteiger partial charge in [-0.3, -0.25) is 9.78 Å². The molecule has 0 unspecified atom stereocenters. The number of hydrogen-bond donors (Lipinski definition) is 2. The topological polar surface area (TPSA) is 120 Å². The van der Waals surface area contributed by atoms with E-state index in [4.69, 9.17) is 5.73 Å². The van der Waals surface area contributed by atoms with Crippen LogP contribution in [0, 0.1) is 4.91 Å². The predicted octanol–water partition coefficient (Wildman–Crippen LogP) is -1.42. The van der Waals surface area contributed by atoms with Gasteiger partial charge in [0.2, 0.25) is 5.69 Å². The first kappa shape index (κ1) is 8.97. The summed E-state index contributed by atoms with van der Waals surface area (Å²) < 4.78 is 0.554. The number of aromatic amines is 1. The molecule has 0 aliphatic heterocycles. The molecule has 1 heterocycles. The molecule has 0 aliphatic carbocycles. The first-order valence-corrected chi connectivity index (χ1v) is 3.14. The van der Waals surface area contributed by atoms with E-state index in [1.165, 1.54) is 0 Å². The van der Waals surface area contributed by atoms with E-state index in [0.717, 1.165) is 7.11 Å². The molecule has 13 heavy (non-hydrogen) atoms. The second kappa shape index (κ2) is 3.09. The van der Waals surface area contributed by atoms with E-state index in [2.05, 4.69) is 10.0 Å². The van der Waals surface area contributed by atoms with Crippen molar-refractivity contribution in [2.75, 3.05) is 12.8 Å². The lowest BCUT2D eigenvalue weighted by atomic mass is 10.5. The van der Waals surface area contributed by atoms with Crippen molar-refractivity contribution in [1.82, 2.24) is 9.71 Å². The number of nitrogens with one attached hydrogen (secondary N) is 1. The molecular formula is C5H6N4O4. The Morgan fingerprint density at radius 1 is 1.54 bits per heavy atom. The highest BCUT2D eigenvalue weighted by atomic mass is 16.7. The zero-order chi connectivity index (χ0) is 10.0. The SMILES string of the molecule is COn1c(N)c(N=O)c(=O)[nH]c1=O. The van der Waals surface area contributed by atoms with Crippen LogP contribution >= 0.6 is 0 Å². The smallest absolute Gasteiger partial charge is 0.363 e. The molecule has 0 amide bonds. The zero-order valence-electron chi connectivity index (χ0n) is 6.60. The summed E-state index contributed by atoms with van der Waals surface area (Å²) in [6.07, 6.45) is 0. The monoisotopic (exact) mass is 186 g/mol. The quantitative estimate of drug-likeness (QED) is 0.549. The Morgan fingerprint density at radius 2 is 2.15 bits per heavy atom. The maximum absolute atomic E-state index is 10.9. The summed E-state index contributed by atoms with van der Waals surface area (Å²) in [7, 11) is 1.16. The van der Waals surface area contributed by atoms with Crippen molar-refractivity contribution >= 4 is 11.5 Å². The molecule has 1 rings (SSSR count). The Bertz CT molecular complexity index is 445. The molecule has 0 radical (unpaired) electrons. The van der Waals surface area contributed by atoms with Crippen molar-refractivity contribution in [2.45, 2.75) is 0 Å². The maximum Gasteiger partial charge on any atom is 0.363 e. The molecule has 8 heteroatoms. The van der Waals surface area contributed by atoms with E-state index in [9.17, 15) is 14.5 Å². The molecule has 0 atom stereocenters. The highest BCUT2D eigenvalue weighted by Gasteiger charge is 2.12. The number of nitroso groups, excluding NO2 is 1. The van der Waals surface area contributed by atoms with Crippen LogP contribution in [-0.4, -0.2) is 16.8 Å². The molecular weight excluding hydrogens is 180 g/mol. The maximum atomic E-state index is 10.9.